The number of aryl methyl sites for hydroxylation is 1. The first kappa shape index (κ1) is 13.0. The maximum atomic E-state index is 13.0. The number of fused-ring (bicyclic) bond motifs is 1. The van der Waals surface area contributed by atoms with Crippen LogP contribution in [0.1, 0.15) is 58.0 Å². The summed E-state index contributed by atoms with van der Waals surface area (Å²) in [7, 11) is -2.37. The van der Waals surface area contributed by atoms with Crippen LogP contribution in [0.15, 0.2) is 18.7 Å². The fourth-order valence-electron chi connectivity index (χ4n) is 3.68. The number of carbonyl (C=O) groups excluding carboxylic acids is 1. The minimum atomic E-state index is -2.37. The minimum absolute atomic E-state index is 0.00679. The monoisotopic (exact) mass is 344 g/mol. The summed E-state index contributed by atoms with van der Waals surface area (Å²) in [5, 5.41) is 3.07. The van der Waals surface area contributed by atoms with Crippen molar-refractivity contribution in [2.75, 3.05) is 7.04 Å². The van der Waals surface area contributed by atoms with Gasteiger partial charge in [-0.1, -0.05) is 0 Å². The summed E-state index contributed by atoms with van der Waals surface area (Å²) < 4.78 is 28.4. The smallest absolute Gasteiger partial charge is 0.270 e. The van der Waals surface area contributed by atoms with Gasteiger partial charge in [-0.25, -0.2) is 15.0 Å². The highest BCUT2D eigenvalue weighted by Crippen LogP contribution is 2.25. The Kier molecular flexibility index (Phi) is 3.59. The third-order valence-corrected chi connectivity index (χ3v) is 5.05. The molecular weight excluding hydrogens is 318 g/mol. The lowest BCUT2D eigenvalue weighted by molar-refractivity contribution is 0.0598. The Bertz CT molecular complexity index is 846. The van der Waals surface area contributed by atoms with Crippen LogP contribution in [0, 0.1) is 0 Å². The van der Waals surface area contributed by atoms with Crippen molar-refractivity contribution >= 4 is 5.91 Å². The molecule has 2 aliphatic carbocycles. The number of nitrogens with one attached hydrogen (secondary N) is 1. The quantitative estimate of drug-likeness (QED) is 0.915. The Balaban J connectivity index is 1.46. The molecule has 4 rings (SSSR count). The molecule has 1 fully saturated rings. The molecule has 0 spiro atoms. The lowest BCUT2D eigenvalue weighted by atomic mass is 9.93. The number of amides is 1. The average Bonchev–Trinajstić information content (AvgIpc) is 3.32. The predicted molar refractivity (Wildman–Crippen MR) is 91.7 cm³/mol. The highest BCUT2D eigenvalue weighted by Gasteiger charge is 2.27. The van der Waals surface area contributed by atoms with E-state index in [0.29, 0.717) is 37.3 Å². The molecule has 0 saturated heterocycles. The van der Waals surface area contributed by atoms with Gasteiger partial charge in [-0.2, -0.15) is 0 Å². The molecule has 0 unspecified atom stereocenters. The lowest BCUT2D eigenvalue weighted by Crippen LogP contribution is -2.39. The van der Waals surface area contributed by atoms with Crippen LogP contribution in [-0.2, 0) is 17.6 Å². The first-order valence-corrected chi connectivity index (χ1v) is 8.76. The first-order valence-electron chi connectivity index (χ1n) is 10.3. The van der Waals surface area contributed by atoms with Crippen LogP contribution in [0.4, 0.5) is 0 Å². The van der Waals surface area contributed by atoms with Gasteiger partial charge in [0.1, 0.15) is 12.0 Å². The zero-order chi connectivity index (χ0) is 19.7. The van der Waals surface area contributed by atoms with Crippen LogP contribution in [0.3, 0.4) is 0 Å². The lowest BCUT2D eigenvalue weighted by Gasteiger charge is -2.28. The Morgan fingerprint density at radius 1 is 1.32 bits per heavy atom. The van der Waals surface area contributed by atoms with Crippen LogP contribution in [0.5, 0.6) is 0 Å². The Labute approximate surface area is 151 Å². The minimum Gasteiger partial charge on any atom is -0.381 e. The molecule has 2 heterocycles. The molecule has 1 amide bonds. The number of imidazole rings is 1. The maximum Gasteiger partial charge on any atom is 0.270 e. The zero-order valence-electron chi connectivity index (χ0n) is 16.9. The third kappa shape index (κ3) is 3.28. The summed E-state index contributed by atoms with van der Waals surface area (Å²) in [4.78, 5) is 26.1. The number of hydrogen-bond donors (Lipinski definition) is 1. The largest absolute Gasteiger partial charge is 0.381 e. The Morgan fingerprint density at radius 3 is 2.96 bits per heavy atom. The molecule has 0 atom stereocenters. The van der Waals surface area contributed by atoms with E-state index in [1.807, 2.05) is 0 Å². The topological polar surface area (TPSA) is 81.9 Å². The number of methoxy groups -OCH3 is 1. The molecule has 0 radical (unpaired) electrons. The first-order chi connectivity index (χ1) is 13.4. The van der Waals surface area contributed by atoms with E-state index >= 15 is 0 Å². The predicted octanol–water partition coefficient (Wildman–Crippen LogP) is 1.84. The number of hydrogen-bond acceptors (Lipinski definition) is 5. The molecule has 0 bridgehead atoms. The molecule has 0 aliphatic heterocycles. The van der Waals surface area contributed by atoms with Crippen LogP contribution >= 0.6 is 0 Å². The van der Waals surface area contributed by atoms with E-state index in [1.165, 1.54) is 0 Å². The molecule has 2 aromatic rings. The Hall–Kier alpha value is -2.28. The fourth-order valence-corrected chi connectivity index (χ4v) is 3.68. The van der Waals surface area contributed by atoms with Gasteiger partial charge in [0, 0.05) is 36.7 Å². The molecule has 1 saturated carbocycles. The number of carbonyl (C=O) groups is 1. The van der Waals surface area contributed by atoms with Crippen molar-refractivity contribution in [3.05, 3.63) is 35.7 Å². The van der Waals surface area contributed by atoms with Crippen molar-refractivity contribution in [1.29, 1.82) is 0 Å². The van der Waals surface area contributed by atoms with Gasteiger partial charge in [0.2, 0.25) is 5.95 Å². The van der Waals surface area contributed by atoms with Crippen LogP contribution in [0.25, 0.3) is 5.95 Å². The molecule has 2 aromatic heterocycles. The summed E-state index contributed by atoms with van der Waals surface area (Å²) in [6.07, 6.45) is 9.97. The highest BCUT2D eigenvalue weighted by atomic mass is 16.5. The van der Waals surface area contributed by atoms with Crippen LogP contribution in [0.2, 0.25) is 0 Å². The zero-order valence-corrected chi connectivity index (χ0v) is 13.9. The van der Waals surface area contributed by atoms with Gasteiger partial charge in [0.25, 0.3) is 5.91 Å². The number of rotatable bonds is 4. The van der Waals surface area contributed by atoms with Crippen molar-refractivity contribution in [3.63, 3.8) is 0 Å². The van der Waals surface area contributed by atoms with Gasteiger partial charge in [-0.15, -0.1) is 0 Å². The number of aromatic nitrogens is 4. The van der Waals surface area contributed by atoms with Crippen molar-refractivity contribution < 1.29 is 13.6 Å². The molecule has 0 aromatic carbocycles. The summed E-state index contributed by atoms with van der Waals surface area (Å²) in [6, 6.07) is -0.00679. The molecule has 132 valence electrons. The second-order valence-corrected chi connectivity index (χ2v) is 6.69. The molecule has 2 aliphatic rings. The van der Waals surface area contributed by atoms with E-state index in [2.05, 4.69) is 20.3 Å². The van der Waals surface area contributed by atoms with E-state index in [0.717, 1.165) is 30.5 Å². The van der Waals surface area contributed by atoms with Gasteiger partial charge in [-0.05, 0) is 44.9 Å². The highest BCUT2D eigenvalue weighted by molar-refractivity contribution is 5.94. The van der Waals surface area contributed by atoms with Gasteiger partial charge < -0.3 is 10.1 Å². The van der Waals surface area contributed by atoms with Crippen molar-refractivity contribution in [1.82, 2.24) is 24.8 Å². The van der Waals surface area contributed by atoms with Gasteiger partial charge in [-0.3, -0.25) is 9.36 Å². The van der Waals surface area contributed by atoms with Gasteiger partial charge in [0.05, 0.1) is 10.2 Å². The van der Waals surface area contributed by atoms with E-state index in [-0.39, 0.29) is 18.1 Å². The number of nitrogens with zero attached hydrogens (tertiary/aromatic N) is 4. The van der Waals surface area contributed by atoms with Gasteiger partial charge in [0.15, 0.2) is 0 Å². The Morgan fingerprint density at radius 2 is 2.20 bits per heavy atom. The number of ether oxygens (including phenoxy) is 1. The fraction of sp³-hybridized carbons (Fsp3) is 0.556. The molecule has 7 heteroatoms. The maximum absolute atomic E-state index is 13.0. The van der Waals surface area contributed by atoms with Crippen LogP contribution in [-0.4, -0.2) is 44.6 Å². The summed E-state index contributed by atoms with van der Waals surface area (Å²) in [6.45, 7) is 0. The molecule has 25 heavy (non-hydrogen) atoms. The summed E-state index contributed by atoms with van der Waals surface area (Å²) in [5.41, 5.74) is 2.30. The van der Waals surface area contributed by atoms with E-state index in [9.17, 15) is 4.79 Å². The van der Waals surface area contributed by atoms with E-state index in [1.54, 1.807) is 23.3 Å². The average molecular weight is 344 g/mol. The summed E-state index contributed by atoms with van der Waals surface area (Å²) >= 11 is 0. The van der Waals surface area contributed by atoms with Crippen molar-refractivity contribution in [2.45, 2.75) is 57.1 Å². The van der Waals surface area contributed by atoms with Gasteiger partial charge >= 0.3 is 0 Å². The summed E-state index contributed by atoms with van der Waals surface area (Å²) in [5.74, 6) is 0.264. The van der Waals surface area contributed by atoms with Crippen LogP contribution < -0.4 is 5.32 Å². The third-order valence-electron chi connectivity index (χ3n) is 5.05. The molecular formula is C18H23N5O2. The molecule has 1 N–H and O–H groups in total. The van der Waals surface area contributed by atoms with E-state index < -0.39 is 7.04 Å². The second-order valence-electron chi connectivity index (χ2n) is 6.69. The molecule has 7 nitrogen and oxygen atoms in total. The normalized spacial score (nSPS) is 24.9. The standard InChI is InChI=1S/C18H23N5O2/c1-25-13-7-5-12(6-8-13)20-17(24)16-14-3-2-4-15(14)21-18(22-16)23-10-9-19-11-23/h9-13H,2-8H2,1H3,(H,20,24)/t12-,13-/i1D3. The second kappa shape index (κ2) is 6.92. The van der Waals surface area contributed by atoms with Crippen molar-refractivity contribution in [3.8, 4) is 5.95 Å². The van der Waals surface area contributed by atoms with E-state index in [4.69, 9.17) is 8.85 Å². The van der Waals surface area contributed by atoms with Crippen molar-refractivity contribution in [2.24, 2.45) is 0 Å². The SMILES string of the molecule is [2H]C([2H])([2H])O[C@H]1CC[C@H](NC(=O)c2nc(-n3ccnc3)nc3c2CCC3)CC1.